The highest BCUT2D eigenvalue weighted by atomic mass is 16.5. The van der Waals surface area contributed by atoms with Crippen molar-refractivity contribution in [1.29, 1.82) is 0 Å². The van der Waals surface area contributed by atoms with Crippen LogP contribution in [0.3, 0.4) is 0 Å². The molecule has 0 spiro atoms. The summed E-state index contributed by atoms with van der Waals surface area (Å²) in [6, 6.07) is 14.4. The van der Waals surface area contributed by atoms with Gasteiger partial charge in [-0.15, -0.1) is 0 Å². The molecular formula is C18H22N2O3. The second-order valence-corrected chi connectivity index (χ2v) is 5.21. The number of methoxy groups -OCH3 is 1. The number of carbonyl (C=O) groups is 1. The third kappa shape index (κ3) is 4.55. The van der Waals surface area contributed by atoms with E-state index in [0.717, 1.165) is 16.9 Å². The van der Waals surface area contributed by atoms with Crippen LogP contribution in [0.25, 0.3) is 0 Å². The van der Waals surface area contributed by atoms with Crippen LogP contribution in [0.4, 0.5) is 0 Å². The summed E-state index contributed by atoms with van der Waals surface area (Å²) in [5.41, 5.74) is 8.02. The molecule has 1 unspecified atom stereocenters. The Labute approximate surface area is 136 Å². The lowest BCUT2D eigenvalue weighted by Gasteiger charge is -2.19. The van der Waals surface area contributed by atoms with Gasteiger partial charge in [-0.05, 0) is 41.8 Å². The van der Waals surface area contributed by atoms with Crippen molar-refractivity contribution in [2.45, 2.75) is 19.0 Å². The largest absolute Gasteiger partial charge is 0.497 e. The van der Waals surface area contributed by atoms with E-state index in [1.165, 1.54) is 0 Å². The van der Waals surface area contributed by atoms with E-state index < -0.39 is 0 Å². The monoisotopic (exact) mass is 314 g/mol. The zero-order valence-corrected chi connectivity index (χ0v) is 13.2. The highest BCUT2D eigenvalue weighted by Gasteiger charge is 2.15. The van der Waals surface area contributed by atoms with Crippen molar-refractivity contribution in [1.82, 2.24) is 5.32 Å². The molecule has 2 aromatic rings. The lowest BCUT2D eigenvalue weighted by Crippen LogP contribution is -2.29. The molecule has 0 saturated carbocycles. The molecule has 0 radical (unpaired) electrons. The molecule has 0 aliphatic heterocycles. The van der Waals surface area contributed by atoms with Gasteiger partial charge in [0, 0.05) is 18.7 Å². The highest BCUT2D eigenvalue weighted by Crippen LogP contribution is 2.20. The molecule has 5 heteroatoms. The van der Waals surface area contributed by atoms with Gasteiger partial charge in [0.1, 0.15) is 5.75 Å². The summed E-state index contributed by atoms with van der Waals surface area (Å²) in [4.78, 5) is 12.4. The van der Waals surface area contributed by atoms with E-state index in [4.69, 9.17) is 10.5 Å². The van der Waals surface area contributed by atoms with Crippen molar-refractivity contribution < 1.29 is 14.6 Å². The fraction of sp³-hybridized carbons (Fsp3) is 0.278. The van der Waals surface area contributed by atoms with Crippen LogP contribution in [-0.4, -0.2) is 24.7 Å². The number of hydrogen-bond donors (Lipinski definition) is 3. The number of amides is 1. The first kappa shape index (κ1) is 17.0. The summed E-state index contributed by atoms with van der Waals surface area (Å²) in [7, 11) is 1.60. The first-order valence-corrected chi connectivity index (χ1v) is 7.52. The Bertz CT molecular complexity index is 624. The van der Waals surface area contributed by atoms with E-state index in [9.17, 15) is 9.90 Å². The summed E-state index contributed by atoms with van der Waals surface area (Å²) in [6.07, 6.45) is 0.443. The fourth-order valence-electron chi connectivity index (χ4n) is 2.32. The summed E-state index contributed by atoms with van der Waals surface area (Å²) in [5, 5.41) is 12.2. The molecular weight excluding hydrogens is 292 g/mol. The first-order chi connectivity index (χ1) is 11.2. The predicted molar refractivity (Wildman–Crippen MR) is 89.2 cm³/mol. The van der Waals surface area contributed by atoms with Crippen molar-refractivity contribution in [2.24, 2.45) is 5.73 Å². The molecule has 0 aromatic heterocycles. The van der Waals surface area contributed by atoms with E-state index in [0.29, 0.717) is 18.5 Å². The third-order valence-corrected chi connectivity index (χ3v) is 3.69. The first-order valence-electron chi connectivity index (χ1n) is 7.52. The van der Waals surface area contributed by atoms with Gasteiger partial charge in [-0.2, -0.15) is 0 Å². The van der Waals surface area contributed by atoms with Gasteiger partial charge in [0.25, 0.3) is 5.91 Å². The summed E-state index contributed by atoms with van der Waals surface area (Å²) in [5.74, 6) is 0.572. The van der Waals surface area contributed by atoms with E-state index in [-0.39, 0.29) is 18.6 Å². The molecule has 0 heterocycles. The molecule has 4 N–H and O–H groups in total. The van der Waals surface area contributed by atoms with E-state index in [1.807, 2.05) is 36.4 Å². The Morgan fingerprint density at radius 1 is 1.17 bits per heavy atom. The summed E-state index contributed by atoms with van der Waals surface area (Å²) >= 11 is 0. The normalized spacial score (nSPS) is 11.8. The molecule has 2 rings (SSSR count). The summed E-state index contributed by atoms with van der Waals surface area (Å²) in [6.45, 7) is 0.434. The number of ether oxygens (including phenoxy) is 1. The van der Waals surface area contributed by atoms with Gasteiger partial charge in [-0.1, -0.05) is 24.3 Å². The maximum atomic E-state index is 12.4. The fourth-order valence-corrected chi connectivity index (χ4v) is 2.32. The van der Waals surface area contributed by atoms with Gasteiger partial charge in [-0.25, -0.2) is 0 Å². The lowest BCUT2D eigenvalue weighted by molar-refractivity contribution is 0.0930. The van der Waals surface area contributed by atoms with Crippen LogP contribution in [0.15, 0.2) is 48.5 Å². The standard InChI is InChI=1S/C18H22N2O3/c1-23-16-8-6-14(7-9-16)17(10-11-21)20-18(22)15-4-2-13(12-19)3-5-15/h2-9,17,21H,10-12,19H2,1H3,(H,20,22). The quantitative estimate of drug-likeness (QED) is 0.730. The molecule has 0 aliphatic carbocycles. The van der Waals surface area contributed by atoms with Crippen LogP contribution in [0.5, 0.6) is 5.75 Å². The number of aliphatic hydroxyl groups excluding tert-OH is 1. The Kier molecular flexibility index (Phi) is 6.14. The Morgan fingerprint density at radius 2 is 1.83 bits per heavy atom. The molecule has 5 nitrogen and oxygen atoms in total. The minimum absolute atomic E-state index is 0.0108. The van der Waals surface area contributed by atoms with Crippen LogP contribution in [-0.2, 0) is 6.54 Å². The molecule has 0 aliphatic rings. The van der Waals surface area contributed by atoms with Gasteiger partial charge < -0.3 is 20.9 Å². The number of rotatable bonds is 7. The van der Waals surface area contributed by atoms with Crippen LogP contribution >= 0.6 is 0 Å². The minimum Gasteiger partial charge on any atom is -0.497 e. The van der Waals surface area contributed by atoms with Crippen LogP contribution < -0.4 is 15.8 Å². The highest BCUT2D eigenvalue weighted by molar-refractivity contribution is 5.94. The summed E-state index contributed by atoms with van der Waals surface area (Å²) < 4.78 is 5.13. The van der Waals surface area contributed by atoms with Gasteiger partial charge in [0.2, 0.25) is 0 Å². The second-order valence-electron chi connectivity index (χ2n) is 5.21. The number of benzene rings is 2. The van der Waals surface area contributed by atoms with Gasteiger partial charge in [0.05, 0.1) is 13.2 Å². The number of hydrogen-bond acceptors (Lipinski definition) is 4. The van der Waals surface area contributed by atoms with Crippen LogP contribution in [0.2, 0.25) is 0 Å². The van der Waals surface area contributed by atoms with Crippen LogP contribution in [0, 0.1) is 0 Å². The molecule has 1 atom stereocenters. The molecule has 1 amide bonds. The van der Waals surface area contributed by atoms with Gasteiger partial charge >= 0.3 is 0 Å². The van der Waals surface area contributed by atoms with Crippen LogP contribution in [0.1, 0.15) is 33.9 Å². The number of nitrogens with one attached hydrogen (secondary N) is 1. The van der Waals surface area contributed by atoms with Crippen molar-refractivity contribution in [3.63, 3.8) is 0 Å². The Balaban J connectivity index is 2.12. The van der Waals surface area contributed by atoms with Crippen molar-refractivity contribution in [3.8, 4) is 5.75 Å². The topological polar surface area (TPSA) is 84.6 Å². The molecule has 0 saturated heterocycles. The Morgan fingerprint density at radius 3 is 2.35 bits per heavy atom. The maximum absolute atomic E-state index is 12.4. The molecule has 0 bridgehead atoms. The van der Waals surface area contributed by atoms with E-state index in [2.05, 4.69) is 5.32 Å². The number of carbonyl (C=O) groups excluding carboxylic acids is 1. The van der Waals surface area contributed by atoms with Gasteiger partial charge in [0.15, 0.2) is 0 Å². The maximum Gasteiger partial charge on any atom is 0.251 e. The second kappa shape index (κ2) is 8.31. The van der Waals surface area contributed by atoms with Crippen molar-refractivity contribution >= 4 is 5.91 Å². The Hall–Kier alpha value is -2.37. The zero-order valence-electron chi connectivity index (χ0n) is 13.2. The van der Waals surface area contributed by atoms with E-state index in [1.54, 1.807) is 19.2 Å². The van der Waals surface area contributed by atoms with Crippen molar-refractivity contribution in [3.05, 3.63) is 65.2 Å². The van der Waals surface area contributed by atoms with Gasteiger partial charge in [-0.3, -0.25) is 4.79 Å². The zero-order chi connectivity index (χ0) is 16.7. The molecule has 122 valence electrons. The third-order valence-electron chi connectivity index (χ3n) is 3.69. The molecule has 0 fully saturated rings. The number of nitrogens with two attached hydrogens (primary N) is 1. The predicted octanol–water partition coefficient (Wildman–Crippen LogP) is 2.01. The average molecular weight is 314 g/mol. The molecule has 2 aromatic carbocycles. The minimum atomic E-state index is -0.257. The molecule has 23 heavy (non-hydrogen) atoms. The smallest absolute Gasteiger partial charge is 0.251 e. The lowest BCUT2D eigenvalue weighted by atomic mass is 10.0. The SMILES string of the molecule is COc1ccc(C(CCO)NC(=O)c2ccc(CN)cc2)cc1. The number of aliphatic hydroxyl groups is 1. The van der Waals surface area contributed by atoms with Crippen molar-refractivity contribution in [2.75, 3.05) is 13.7 Å². The van der Waals surface area contributed by atoms with E-state index >= 15 is 0 Å². The average Bonchev–Trinajstić information content (AvgIpc) is 2.61.